The van der Waals surface area contributed by atoms with Crippen molar-refractivity contribution in [3.63, 3.8) is 0 Å². The number of fused-ring (bicyclic) bond motifs is 1. The minimum atomic E-state index is -0.0864. The fourth-order valence-electron chi connectivity index (χ4n) is 2.25. The van der Waals surface area contributed by atoms with Crippen LogP contribution in [-0.2, 0) is 6.54 Å². The lowest BCUT2D eigenvalue weighted by molar-refractivity contribution is 0.0994. The third kappa shape index (κ3) is 2.39. The highest BCUT2D eigenvalue weighted by Gasteiger charge is 2.17. The van der Waals surface area contributed by atoms with Crippen LogP contribution >= 0.6 is 0 Å². The largest absolute Gasteiger partial charge is 0.326 e. The van der Waals surface area contributed by atoms with E-state index in [1.165, 1.54) is 0 Å². The first-order valence-electron chi connectivity index (χ1n) is 6.70. The van der Waals surface area contributed by atoms with E-state index in [9.17, 15) is 4.79 Å². The summed E-state index contributed by atoms with van der Waals surface area (Å²) in [6.45, 7) is 0.492. The van der Waals surface area contributed by atoms with Gasteiger partial charge in [-0.15, -0.1) is 0 Å². The number of carbonyl (C=O) groups excluding carboxylic acids is 1. The van der Waals surface area contributed by atoms with E-state index in [1.54, 1.807) is 22.7 Å². The molecule has 0 fully saturated rings. The lowest BCUT2D eigenvalue weighted by Gasteiger charge is -2.17. The van der Waals surface area contributed by atoms with Crippen molar-refractivity contribution in [1.82, 2.24) is 9.61 Å². The molecule has 3 rings (SSSR count). The van der Waals surface area contributed by atoms with E-state index >= 15 is 0 Å². The van der Waals surface area contributed by atoms with Crippen molar-refractivity contribution < 1.29 is 4.79 Å². The summed E-state index contributed by atoms with van der Waals surface area (Å²) in [5.74, 6) is -0.0864. The van der Waals surface area contributed by atoms with Crippen molar-refractivity contribution in [3.8, 4) is 0 Å². The van der Waals surface area contributed by atoms with Crippen molar-refractivity contribution in [2.45, 2.75) is 6.54 Å². The van der Waals surface area contributed by atoms with Crippen LogP contribution in [0.3, 0.4) is 0 Å². The Morgan fingerprint density at radius 1 is 1.24 bits per heavy atom. The van der Waals surface area contributed by atoms with E-state index in [0.29, 0.717) is 12.1 Å². The molecule has 3 aromatic rings. The van der Waals surface area contributed by atoms with E-state index in [2.05, 4.69) is 5.10 Å². The summed E-state index contributed by atoms with van der Waals surface area (Å²) in [5, 5.41) is 4.20. The second kappa shape index (κ2) is 5.38. The van der Waals surface area contributed by atoms with Crippen LogP contribution in [0, 0.1) is 0 Å². The van der Waals surface area contributed by atoms with Gasteiger partial charge in [-0.05, 0) is 29.8 Å². The zero-order valence-corrected chi connectivity index (χ0v) is 11.7. The van der Waals surface area contributed by atoms with E-state index in [-0.39, 0.29) is 5.91 Å². The van der Waals surface area contributed by atoms with Crippen LogP contribution in [0.15, 0.2) is 54.9 Å². The van der Waals surface area contributed by atoms with Crippen LogP contribution < -0.4 is 10.6 Å². The van der Waals surface area contributed by atoms with Gasteiger partial charge in [0.1, 0.15) is 0 Å². The fourth-order valence-corrected chi connectivity index (χ4v) is 2.25. The van der Waals surface area contributed by atoms with Crippen LogP contribution in [0.2, 0.25) is 0 Å². The molecule has 0 bridgehead atoms. The van der Waals surface area contributed by atoms with Crippen molar-refractivity contribution in [2.75, 3.05) is 11.9 Å². The van der Waals surface area contributed by atoms with Crippen LogP contribution in [0.25, 0.3) is 5.52 Å². The number of carbonyl (C=O) groups is 1. The first-order valence-corrected chi connectivity index (χ1v) is 6.70. The van der Waals surface area contributed by atoms with Gasteiger partial charge < -0.3 is 10.6 Å². The Morgan fingerprint density at radius 3 is 2.71 bits per heavy atom. The molecule has 2 N–H and O–H groups in total. The van der Waals surface area contributed by atoms with Gasteiger partial charge in [0.2, 0.25) is 0 Å². The van der Waals surface area contributed by atoms with Gasteiger partial charge in [-0.25, -0.2) is 4.52 Å². The van der Waals surface area contributed by atoms with Gasteiger partial charge in [-0.2, -0.15) is 5.10 Å². The van der Waals surface area contributed by atoms with Crippen molar-refractivity contribution in [1.29, 1.82) is 0 Å². The van der Waals surface area contributed by atoms with E-state index in [1.807, 2.05) is 48.7 Å². The van der Waals surface area contributed by atoms with Gasteiger partial charge in [0, 0.05) is 25.5 Å². The molecule has 1 amide bonds. The number of hydrogen-bond acceptors (Lipinski definition) is 3. The topological polar surface area (TPSA) is 63.6 Å². The second-order valence-electron chi connectivity index (χ2n) is 4.82. The molecule has 0 unspecified atom stereocenters. The van der Waals surface area contributed by atoms with Crippen molar-refractivity contribution in [2.24, 2.45) is 5.73 Å². The fraction of sp³-hybridized carbons (Fsp3) is 0.125. The minimum Gasteiger partial charge on any atom is -0.326 e. The summed E-state index contributed by atoms with van der Waals surface area (Å²) in [6.07, 6.45) is 3.42. The molecule has 0 aliphatic carbocycles. The quantitative estimate of drug-likeness (QED) is 0.799. The summed E-state index contributed by atoms with van der Waals surface area (Å²) >= 11 is 0. The Balaban J connectivity index is 1.93. The number of pyridine rings is 1. The molecule has 2 heterocycles. The number of hydrogen-bond donors (Lipinski definition) is 1. The first-order chi connectivity index (χ1) is 10.2. The SMILES string of the molecule is CN(C(=O)c1cnn2ccccc12)c1ccc(CN)cc1. The maximum Gasteiger partial charge on any atom is 0.261 e. The highest BCUT2D eigenvalue weighted by Crippen LogP contribution is 2.18. The molecule has 0 aliphatic heterocycles. The summed E-state index contributed by atoms with van der Waals surface area (Å²) < 4.78 is 1.69. The van der Waals surface area contributed by atoms with Crippen LogP contribution in [0.1, 0.15) is 15.9 Å². The monoisotopic (exact) mass is 280 g/mol. The summed E-state index contributed by atoms with van der Waals surface area (Å²) in [7, 11) is 1.76. The second-order valence-corrected chi connectivity index (χ2v) is 4.82. The third-order valence-corrected chi connectivity index (χ3v) is 3.52. The molecule has 0 radical (unpaired) electrons. The number of aromatic nitrogens is 2. The Kier molecular flexibility index (Phi) is 3.41. The summed E-state index contributed by atoms with van der Waals surface area (Å²) in [5.41, 5.74) is 8.83. The predicted octanol–water partition coefficient (Wildman–Crippen LogP) is 2.07. The summed E-state index contributed by atoms with van der Waals surface area (Å²) in [6, 6.07) is 13.3. The third-order valence-electron chi connectivity index (χ3n) is 3.52. The molecule has 2 aromatic heterocycles. The molecule has 106 valence electrons. The zero-order chi connectivity index (χ0) is 14.8. The van der Waals surface area contributed by atoms with E-state index in [4.69, 9.17) is 5.73 Å². The number of nitrogens with zero attached hydrogens (tertiary/aromatic N) is 3. The van der Waals surface area contributed by atoms with Crippen LogP contribution in [-0.4, -0.2) is 22.6 Å². The number of anilines is 1. The maximum absolute atomic E-state index is 12.6. The smallest absolute Gasteiger partial charge is 0.261 e. The normalized spacial score (nSPS) is 10.8. The molecular weight excluding hydrogens is 264 g/mol. The Morgan fingerprint density at radius 2 is 2.00 bits per heavy atom. The molecule has 0 saturated heterocycles. The van der Waals surface area contributed by atoms with Gasteiger partial charge >= 0.3 is 0 Å². The molecule has 21 heavy (non-hydrogen) atoms. The van der Waals surface area contributed by atoms with Crippen LogP contribution in [0.5, 0.6) is 0 Å². The van der Waals surface area contributed by atoms with Crippen molar-refractivity contribution >= 4 is 17.1 Å². The average molecular weight is 280 g/mol. The predicted molar refractivity (Wildman–Crippen MR) is 82.3 cm³/mol. The van der Waals surface area contributed by atoms with Gasteiger partial charge in [0.05, 0.1) is 17.3 Å². The number of amides is 1. The standard InChI is InChI=1S/C16H16N4O/c1-19(13-7-5-12(10-17)6-8-13)16(21)14-11-18-20-9-3-2-4-15(14)20/h2-9,11H,10,17H2,1H3. The van der Waals surface area contributed by atoms with Crippen LogP contribution in [0.4, 0.5) is 5.69 Å². The van der Waals surface area contributed by atoms with E-state index in [0.717, 1.165) is 16.8 Å². The molecule has 5 nitrogen and oxygen atoms in total. The highest BCUT2D eigenvalue weighted by atomic mass is 16.2. The molecule has 0 aliphatic rings. The molecule has 1 aromatic carbocycles. The Bertz CT molecular complexity index is 776. The Hall–Kier alpha value is -2.66. The van der Waals surface area contributed by atoms with Gasteiger partial charge in [0.15, 0.2) is 0 Å². The molecule has 5 heteroatoms. The number of nitrogens with two attached hydrogens (primary N) is 1. The minimum absolute atomic E-state index is 0.0864. The first kappa shape index (κ1) is 13.3. The highest BCUT2D eigenvalue weighted by molar-refractivity contribution is 6.09. The summed E-state index contributed by atoms with van der Waals surface area (Å²) in [4.78, 5) is 14.2. The van der Waals surface area contributed by atoms with Gasteiger partial charge in [0.25, 0.3) is 5.91 Å². The number of rotatable bonds is 3. The Labute approximate surface area is 122 Å². The molecule has 0 saturated carbocycles. The molecule has 0 spiro atoms. The number of benzene rings is 1. The van der Waals surface area contributed by atoms with Gasteiger partial charge in [-0.3, -0.25) is 4.79 Å². The van der Waals surface area contributed by atoms with Gasteiger partial charge in [-0.1, -0.05) is 18.2 Å². The zero-order valence-electron chi connectivity index (χ0n) is 11.7. The molecule has 0 atom stereocenters. The lowest BCUT2D eigenvalue weighted by atomic mass is 10.2. The maximum atomic E-state index is 12.6. The lowest BCUT2D eigenvalue weighted by Crippen LogP contribution is -2.26. The van der Waals surface area contributed by atoms with E-state index < -0.39 is 0 Å². The molecular formula is C16H16N4O. The average Bonchev–Trinajstić information content (AvgIpc) is 2.97. The van der Waals surface area contributed by atoms with Crippen molar-refractivity contribution in [3.05, 3.63) is 66.0 Å².